The molecule has 0 aliphatic carbocycles. The molecular weight excluding hydrogens is 282 g/mol. The number of aromatic nitrogens is 2. The van der Waals surface area contributed by atoms with Gasteiger partial charge in [-0.05, 0) is 35.8 Å². The van der Waals surface area contributed by atoms with Gasteiger partial charge in [0.1, 0.15) is 0 Å². The van der Waals surface area contributed by atoms with Crippen molar-refractivity contribution in [1.29, 1.82) is 0 Å². The van der Waals surface area contributed by atoms with Crippen molar-refractivity contribution < 1.29 is 4.79 Å². The molecule has 0 atom stereocenters. The number of hydrogen-bond acceptors (Lipinski definition) is 4. The van der Waals surface area contributed by atoms with E-state index >= 15 is 0 Å². The Morgan fingerprint density at radius 2 is 1.67 bits per heavy atom. The molecule has 21 heavy (non-hydrogen) atoms. The second-order valence-corrected chi connectivity index (χ2v) is 5.37. The molecule has 1 heterocycles. The molecule has 2 aromatic carbocycles. The van der Waals surface area contributed by atoms with Gasteiger partial charge in [-0.25, -0.2) is 4.99 Å². The number of para-hydroxylation sites is 2. The van der Waals surface area contributed by atoms with Crippen LogP contribution in [0.3, 0.4) is 0 Å². The third-order valence-electron chi connectivity index (χ3n) is 2.86. The van der Waals surface area contributed by atoms with Gasteiger partial charge < -0.3 is 0 Å². The van der Waals surface area contributed by atoms with Crippen LogP contribution in [0.5, 0.6) is 0 Å². The number of Topliss-reactive ketones (excluding diaryl/α,β-unsaturated/α-hetero) is 1. The molecule has 0 N–H and O–H groups in total. The van der Waals surface area contributed by atoms with Gasteiger partial charge >= 0.3 is 0 Å². The molecule has 0 spiro atoms. The van der Waals surface area contributed by atoms with E-state index in [0.29, 0.717) is 10.4 Å². The Balaban J connectivity index is 2.15. The van der Waals surface area contributed by atoms with Gasteiger partial charge in [-0.3, -0.25) is 4.79 Å². The number of nitrogens with zero attached hydrogens (tertiary/aromatic N) is 3. The van der Waals surface area contributed by atoms with E-state index in [0.717, 1.165) is 11.4 Å². The number of carbonyl (C=O) groups excluding carboxylic acids is 1. The van der Waals surface area contributed by atoms with E-state index in [1.807, 2.05) is 60.7 Å². The number of ketones is 1. The van der Waals surface area contributed by atoms with Crippen LogP contribution < -0.4 is 4.67 Å². The Labute approximate surface area is 126 Å². The molecule has 4 nitrogen and oxygen atoms in total. The van der Waals surface area contributed by atoms with Gasteiger partial charge in [-0.2, -0.15) is 9.17 Å². The van der Waals surface area contributed by atoms with Crippen molar-refractivity contribution in [1.82, 2.24) is 9.17 Å². The summed E-state index contributed by atoms with van der Waals surface area (Å²) in [5, 5.41) is 4.37. The van der Waals surface area contributed by atoms with Crippen LogP contribution >= 0.6 is 11.5 Å². The number of carbonyl (C=O) groups is 1. The predicted octanol–water partition coefficient (Wildman–Crippen LogP) is 3.37. The first-order valence-corrected chi connectivity index (χ1v) is 7.28. The fourth-order valence-electron chi connectivity index (χ4n) is 1.86. The second-order valence-electron chi connectivity index (χ2n) is 4.46. The smallest absolute Gasteiger partial charge is 0.183 e. The maximum absolute atomic E-state index is 11.8. The van der Waals surface area contributed by atoms with E-state index < -0.39 is 0 Å². The Hall–Kier alpha value is -2.53. The highest BCUT2D eigenvalue weighted by Crippen LogP contribution is 2.12. The van der Waals surface area contributed by atoms with Crippen molar-refractivity contribution in [3.8, 4) is 5.69 Å². The van der Waals surface area contributed by atoms with Crippen LogP contribution in [0.25, 0.3) is 5.69 Å². The summed E-state index contributed by atoms with van der Waals surface area (Å²) in [6.07, 6.45) is 0. The van der Waals surface area contributed by atoms with Gasteiger partial charge in [0.2, 0.25) is 0 Å². The molecular formula is C16H13N3OS. The zero-order valence-corrected chi connectivity index (χ0v) is 12.2. The number of benzene rings is 2. The molecule has 0 radical (unpaired) electrons. The van der Waals surface area contributed by atoms with E-state index in [-0.39, 0.29) is 5.78 Å². The maximum Gasteiger partial charge on any atom is 0.183 e. The molecule has 0 fully saturated rings. The van der Waals surface area contributed by atoms with Crippen LogP contribution in [0.4, 0.5) is 5.69 Å². The third kappa shape index (κ3) is 2.98. The molecule has 3 rings (SSSR count). The minimum absolute atomic E-state index is 0.0874. The average molecular weight is 295 g/mol. The van der Waals surface area contributed by atoms with E-state index in [2.05, 4.69) is 10.1 Å². The highest BCUT2D eigenvalue weighted by atomic mass is 32.1. The summed E-state index contributed by atoms with van der Waals surface area (Å²) in [6, 6.07) is 19.3. The number of hydrogen-bond donors (Lipinski definition) is 0. The van der Waals surface area contributed by atoms with E-state index in [9.17, 15) is 4.79 Å². The van der Waals surface area contributed by atoms with Crippen LogP contribution in [0.1, 0.15) is 17.4 Å². The molecule has 104 valence electrons. The van der Waals surface area contributed by atoms with Gasteiger partial charge in [0.05, 0.1) is 11.4 Å². The van der Waals surface area contributed by atoms with Crippen molar-refractivity contribution in [3.63, 3.8) is 0 Å². The molecule has 0 amide bonds. The molecule has 0 saturated carbocycles. The van der Waals surface area contributed by atoms with E-state index in [1.54, 1.807) is 4.07 Å². The zero-order valence-electron chi connectivity index (χ0n) is 11.4. The third-order valence-corrected chi connectivity index (χ3v) is 3.79. The van der Waals surface area contributed by atoms with Gasteiger partial charge in [0.15, 0.2) is 16.1 Å². The normalized spacial score (nSPS) is 11.6. The Morgan fingerprint density at radius 3 is 2.29 bits per heavy atom. The van der Waals surface area contributed by atoms with E-state index in [1.165, 1.54) is 18.5 Å². The van der Waals surface area contributed by atoms with Gasteiger partial charge in [-0.1, -0.05) is 36.4 Å². The average Bonchev–Trinajstić information content (AvgIpc) is 2.93. The molecule has 5 heteroatoms. The Morgan fingerprint density at radius 1 is 1.05 bits per heavy atom. The number of rotatable bonds is 3. The van der Waals surface area contributed by atoms with E-state index in [4.69, 9.17) is 0 Å². The molecule has 1 aromatic heterocycles. The van der Waals surface area contributed by atoms with Crippen LogP contribution in [0.15, 0.2) is 65.7 Å². The quantitative estimate of drug-likeness (QED) is 0.695. The van der Waals surface area contributed by atoms with Crippen molar-refractivity contribution in [2.75, 3.05) is 0 Å². The van der Waals surface area contributed by atoms with Crippen LogP contribution in [-0.4, -0.2) is 15.0 Å². The monoisotopic (exact) mass is 295 g/mol. The van der Waals surface area contributed by atoms with Crippen LogP contribution in [-0.2, 0) is 0 Å². The molecule has 0 saturated heterocycles. The van der Waals surface area contributed by atoms with Crippen LogP contribution in [0, 0.1) is 0 Å². The standard InChI is InChI=1S/C16H13N3OS/c1-12(20)15-16(17-13-8-4-2-5-9-13)21-19(18-15)14-10-6-3-7-11-14/h2-11H,1H3. The van der Waals surface area contributed by atoms with Gasteiger partial charge in [0, 0.05) is 6.92 Å². The Bertz CT molecular complexity index is 819. The first-order valence-electron chi connectivity index (χ1n) is 6.51. The SMILES string of the molecule is CC(=O)c1nn(-c2ccccc2)sc1=Nc1ccccc1. The first-order chi connectivity index (χ1) is 10.2. The highest BCUT2D eigenvalue weighted by molar-refractivity contribution is 7.04. The largest absolute Gasteiger partial charge is 0.293 e. The summed E-state index contributed by atoms with van der Waals surface area (Å²) in [4.78, 5) is 16.3. The maximum atomic E-state index is 11.8. The van der Waals surface area contributed by atoms with Crippen molar-refractivity contribution in [2.24, 2.45) is 4.99 Å². The summed E-state index contributed by atoms with van der Waals surface area (Å²) in [6.45, 7) is 1.51. The fourth-order valence-corrected chi connectivity index (χ4v) is 2.79. The van der Waals surface area contributed by atoms with Crippen molar-refractivity contribution in [2.45, 2.75) is 6.92 Å². The van der Waals surface area contributed by atoms with Gasteiger partial charge in [0.25, 0.3) is 0 Å². The molecule has 0 aliphatic heterocycles. The lowest BCUT2D eigenvalue weighted by molar-refractivity contribution is 0.101. The van der Waals surface area contributed by atoms with Crippen molar-refractivity contribution >= 4 is 23.0 Å². The first kappa shape index (κ1) is 13.5. The summed E-state index contributed by atoms with van der Waals surface area (Å²) >= 11 is 1.35. The predicted molar refractivity (Wildman–Crippen MR) is 83.1 cm³/mol. The second kappa shape index (κ2) is 5.85. The topological polar surface area (TPSA) is 47.2 Å². The highest BCUT2D eigenvalue weighted by Gasteiger charge is 2.11. The minimum Gasteiger partial charge on any atom is -0.293 e. The fraction of sp³-hybridized carbons (Fsp3) is 0.0625. The van der Waals surface area contributed by atoms with Crippen molar-refractivity contribution in [3.05, 3.63) is 71.0 Å². The molecule has 0 aliphatic rings. The summed E-state index contributed by atoms with van der Waals surface area (Å²) in [7, 11) is 0. The summed E-state index contributed by atoms with van der Waals surface area (Å²) in [5.41, 5.74) is 2.12. The lowest BCUT2D eigenvalue weighted by Crippen LogP contribution is -2.08. The minimum atomic E-state index is -0.0874. The van der Waals surface area contributed by atoms with Gasteiger partial charge in [-0.15, -0.1) is 0 Å². The zero-order chi connectivity index (χ0) is 14.7. The molecule has 0 unspecified atom stereocenters. The summed E-state index contributed by atoms with van der Waals surface area (Å²) in [5.74, 6) is -0.0874. The lowest BCUT2D eigenvalue weighted by Gasteiger charge is -1.96. The van der Waals surface area contributed by atoms with Crippen LogP contribution in [0.2, 0.25) is 0 Å². The molecule has 3 aromatic rings. The summed E-state index contributed by atoms with van der Waals surface area (Å²) < 4.78 is 2.34. The lowest BCUT2D eigenvalue weighted by atomic mass is 10.3. The Kier molecular flexibility index (Phi) is 3.75. The molecule has 0 bridgehead atoms.